The third-order valence-electron chi connectivity index (χ3n) is 1.80. The minimum atomic E-state index is -0.0520. The zero-order valence-electron chi connectivity index (χ0n) is 7.68. The maximum atomic E-state index is 9.15. The summed E-state index contributed by atoms with van der Waals surface area (Å²) in [6, 6.07) is 5.33. The van der Waals surface area contributed by atoms with Crippen molar-refractivity contribution in [1.29, 1.82) is 0 Å². The predicted molar refractivity (Wildman–Crippen MR) is 58.0 cm³/mol. The Morgan fingerprint density at radius 2 is 2.33 bits per heavy atom. The lowest BCUT2D eigenvalue weighted by Gasteiger charge is -2.04. The summed E-state index contributed by atoms with van der Waals surface area (Å²) in [5, 5.41) is 10.3. The maximum absolute atomic E-state index is 9.15. The molecule has 1 aromatic heterocycles. The van der Waals surface area contributed by atoms with Gasteiger partial charge in [0.25, 0.3) is 5.22 Å². The molecule has 0 amide bonds. The molecule has 0 atom stereocenters. The van der Waals surface area contributed by atoms with Gasteiger partial charge in [-0.2, -0.15) is 0 Å². The zero-order chi connectivity index (χ0) is 10.7. The number of halogens is 1. The van der Waals surface area contributed by atoms with Gasteiger partial charge < -0.3 is 9.52 Å². The molecule has 0 unspecified atom stereocenters. The average Bonchev–Trinajstić information content (AvgIpc) is 2.73. The van der Waals surface area contributed by atoms with E-state index in [0.717, 1.165) is 10.5 Å². The van der Waals surface area contributed by atoms with E-state index in [9.17, 15) is 0 Å². The number of hydrogen-bond donors (Lipinski definition) is 1. The Bertz CT molecular complexity index is 445. The Morgan fingerprint density at radius 1 is 1.47 bits per heavy atom. The Balaban J connectivity index is 2.28. The molecule has 2 aromatic rings. The first-order chi connectivity index (χ1) is 7.29. The van der Waals surface area contributed by atoms with E-state index in [2.05, 4.69) is 4.98 Å². The van der Waals surface area contributed by atoms with Crippen LogP contribution in [-0.2, 0) is 6.61 Å². The molecule has 0 spiro atoms. The van der Waals surface area contributed by atoms with Gasteiger partial charge in [-0.1, -0.05) is 11.6 Å². The van der Waals surface area contributed by atoms with Gasteiger partial charge in [-0.05, 0) is 35.5 Å². The van der Waals surface area contributed by atoms with Crippen LogP contribution in [0.1, 0.15) is 5.56 Å². The van der Waals surface area contributed by atoms with Gasteiger partial charge in [0.05, 0.1) is 12.8 Å². The normalized spacial score (nSPS) is 10.5. The van der Waals surface area contributed by atoms with Gasteiger partial charge in [0.15, 0.2) is 0 Å². The van der Waals surface area contributed by atoms with Gasteiger partial charge in [0.1, 0.15) is 6.26 Å². The van der Waals surface area contributed by atoms with Crippen LogP contribution < -0.4 is 0 Å². The fourth-order valence-electron chi connectivity index (χ4n) is 1.13. The second-order valence-corrected chi connectivity index (χ2v) is 4.24. The summed E-state index contributed by atoms with van der Waals surface area (Å²) in [6.45, 7) is -0.0520. The number of rotatable bonds is 3. The van der Waals surface area contributed by atoms with Crippen LogP contribution >= 0.6 is 23.4 Å². The Kier molecular flexibility index (Phi) is 3.30. The highest BCUT2D eigenvalue weighted by molar-refractivity contribution is 7.99. The minimum absolute atomic E-state index is 0.0520. The molecular weight excluding hydrogens is 234 g/mol. The van der Waals surface area contributed by atoms with Crippen LogP contribution in [0.15, 0.2) is 45.2 Å². The molecule has 5 heteroatoms. The first-order valence-corrected chi connectivity index (χ1v) is 5.45. The van der Waals surface area contributed by atoms with Crippen molar-refractivity contribution in [3.05, 3.63) is 41.2 Å². The lowest BCUT2D eigenvalue weighted by atomic mass is 10.2. The first kappa shape index (κ1) is 10.5. The predicted octanol–water partition coefficient (Wildman–Crippen LogP) is 2.97. The fraction of sp³-hybridized carbons (Fsp3) is 0.100. The van der Waals surface area contributed by atoms with Crippen LogP contribution in [0, 0.1) is 0 Å². The van der Waals surface area contributed by atoms with E-state index in [1.807, 2.05) is 6.07 Å². The molecule has 0 aliphatic carbocycles. The van der Waals surface area contributed by atoms with Crippen LogP contribution in [0.5, 0.6) is 0 Å². The first-order valence-electron chi connectivity index (χ1n) is 4.26. The van der Waals surface area contributed by atoms with Crippen LogP contribution in [0.4, 0.5) is 0 Å². The lowest BCUT2D eigenvalue weighted by Crippen LogP contribution is -1.87. The van der Waals surface area contributed by atoms with Crippen molar-refractivity contribution in [2.24, 2.45) is 0 Å². The third kappa shape index (κ3) is 2.53. The number of aliphatic hydroxyl groups excluding tert-OH is 1. The number of aromatic nitrogens is 1. The highest BCUT2D eigenvalue weighted by Gasteiger charge is 2.07. The molecule has 0 fully saturated rings. The minimum Gasteiger partial charge on any atom is -0.440 e. The van der Waals surface area contributed by atoms with Crippen molar-refractivity contribution < 1.29 is 9.52 Å². The monoisotopic (exact) mass is 241 g/mol. The van der Waals surface area contributed by atoms with Crippen LogP contribution in [0.25, 0.3) is 0 Å². The van der Waals surface area contributed by atoms with E-state index in [1.54, 1.807) is 18.3 Å². The van der Waals surface area contributed by atoms with Crippen molar-refractivity contribution in [2.75, 3.05) is 0 Å². The molecule has 3 nitrogen and oxygen atoms in total. The highest BCUT2D eigenvalue weighted by Crippen LogP contribution is 2.30. The van der Waals surface area contributed by atoms with Gasteiger partial charge in [0, 0.05) is 9.92 Å². The molecule has 15 heavy (non-hydrogen) atoms. The Morgan fingerprint density at radius 3 is 3.00 bits per heavy atom. The number of benzene rings is 1. The van der Waals surface area contributed by atoms with Crippen molar-refractivity contribution in [3.63, 3.8) is 0 Å². The third-order valence-corrected chi connectivity index (χ3v) is 3.03. The topological polar surface area (TPSA) is 46.3 Å². The number of nitrogens with zero attached hydrogens (tertiary/aromatic N) is 1. The average molecular weight is 242 g/mol. The summed E-state index contributed by atoms with van der Waals surface area (Å²) < 4.78 is 5.10. The van der Waals surface area contributed by atoms with Crippen molar-refractivity contribution in [1.82, 2.24) is 4.98 Å². The summed E-state index contributed by atoms with van der Waals surface area (Å²) >= 11 is 7.18. The summed E-state index contributed by atoms with van der Waals surface area (Å²) in [7, 11) is 0. The summed E-state index contributed by atoms with van der Waals surface area (Å²) in [5.74, 6) is 0. The fourth-order valence-corrected chi connectivity index (χ4v) is 2.12. The molecule has 78 valence electrons. The van der Waals surface area contributed by atoms with E-state index >= 15 is 0 Å². The van der Waals surface area contributed by atoms with E-state index in [4.69, 9.17) is 21.1 Å². The van der Waals surface area contributed by atoms with E-state index < -0.39 is 0 Å². The van der Waals surface area contributed by atoms with E-state index in [0.29, 0.717) is 10.2 Å². The van der Waals surface area contributed by atoms with Crippen molar-refractivity contribution >= 4 is 23.4 Å². The van der Waals surface area contributed by atoms with E-state index in [1.165, 1.54) is 18.0 Å². The summed E-state index contributed by atoms with van der Waals surface area (Å²) in [5.41, 5.74) is 0.769. The smallest absolute Gasteiger partial charge is 0.260 e. The zero-order valence-corrected chi connectivity index (χ0v) is 9.26. The molecule has 0 bridgehead atoms. The second-order valence-electron chi connectivity index (χ2n) is 2.81. The number of aliphatic hydroxyl groups is 1. The summed E-state index contributed by atoms with van der Waals surface area (Å²) in [4.78, 5) is 4.88. The molecule has 0 saturated carbocycles. The van der Waals surface area contributed by atoms with Gasteiger partial charge in [-0.25, -0.2) is 4.98 Å². The van der Waals surface area contributed by atoms with Crippen molar-refractivity contribution in [2.45, 2.75) is 16.7 Å². The highest BCUT2D eigenvalue weighted by atomic mass is 35.5. The molecule has 0 saturated heterocycles. The number of hydrogen-bond acceptors (Lipinski definition) is 4. The standard InChI is InChI=1S/C10H8ClNO2S/c11-8-1-2-9(7(5-8)6-13)15-10-12-3-4-14-10/h1-5,13H,6H2. The maximum Gasteiger partial charge on any atom is 0.260 e. The summed E-state index contributed by atoms with van der Waals surface area (Å²) in [6.07, 6.45) is 3.09. The second kappa shape index (κ2) is 4.70. The Hall–Kier alpha value is -0.970. The van der Waals surface area contributed by atoms with Gasteiger partial charge in [-0.15, -0.1) is 0 Å². The molecule has 0 radical (unpaired) electrons. The Labute approximate surface area is 96.1 Å². The quantitative estimate of drug-likeness (QED) is 0.898. The van der Waals surface area contributed by atoms with Crippen LogP contribution in [0.2, 0.25) is 5.02 Å². The molecule has 1 aromatic carbocycles. The SMILES string of the molecule is OCc1cc(Cl)ccc1Sc1ncco1. The lowest BCUT2D eigenvalue weighted by molar-refractivity contribution is 0.279. The molecule has 2 rings (SSSR count). The van der Waals surface area contributed by atoms with Gasteiger partial charge >= 0.3 is 0 Å². The molecule has 1 heterocycles. The van der Waals surface area contributed by atoms with Gasteiger partial charge in [-0.3, -0.25) is 0 Å². The molecule has 0 aliphatic rings. The molecule has 1 N–H and O–H groups in total. The molecule has 0 aliphatic heterocycles. The van der Waals surface area contributed by atoms with Crippen LogP contribution in [-0.4, -0.2) is 10.1 Å². The van der Waals surface area contributed by atoms with Crippen LogP contribution in [0.3, 0.4) is 0 Å². The van der Waals surface area contributed by atoms with E-state index in [-0.39, 0.29) is 6.61 Å². The number of oxazole rings is 1. The van der Waals surface area contributed by atoms with Gasteiger partial charge in [0.2, 0.25) is 0 Å². The molecular formula is C10H8ClNO2S. The largest absolute Gasteiger partial charge is 0.440 e. The van der Waals surface area contributed by atoms with Crippen molar-refractivity contribution in [3.8, 4) is 0 Å².